The Labute approximate surface area is 135 Å². The SMILES string of the molecule is O=C(N[C@@H]1C[C@H]2CCN(C2)C1)c1cc2c(C(F)(F)F)coc2cn1. The van der Waals surface area contributed by atoms with Crippen LogP contribution < -0.4 is 5.32 Å². The average molecular weight is 339 g/mol. The predicted molar refractivity (Wildman–Crippen MR) is 79.4 cm³/mol. The standard InChI is InChI=1S/C16H16F3N3O2/c17-16(18,19)12-8-24-14-5-20-13(4-11(12)14)15(23)21-10-3-9-1-2-22(6-9)7-10/h4-5,8-10H,1-3,6-7H2,(H,21,23)/t9-,10-/m1/s1. The number of piperidine rings is 1. The number of fused-ring (bicyclic) bond motifs is 3. The fourth-order valence-electron chi connectivity index (χ4n) is 3.70. The Kier molecular flexibility index (Phi) is 3.52. The van der Waals surface area contributed by atoms with Crippen LogP contribution in [0.15, 0.2) is 22.9 Å². The van der Waals surface area contributed by atoms with Crippen molar-refractivity contribution in [2.45, 2.75) is 25.1 Å². The van der Waals surface area contributed by atoms with Crippen LogP contribution in [0.4, 0.5) is 13.2 Å². The molecule has 2 aliphatic heterocycles. The van der Waals surface area contributed by atoms with Gasteiger partial charge in [-0.25, -0.2) is 4.98 Å². The molecule has 1 amide bonds. The summed E-state index contributed by atoms with van der Waals surface area (Å²) >= 11 is 0. The van der Waals surface area contributed by atoms with E-state index < -0.39 is 17.6 Å². The molecule has 4 rings (SSSR count). The first kappa shape index (κ1) is 15.4. The lowest BCUT2D eigenvalue weighted by atomic mass is 9.97. The van der Waals surface area contributed by atoms with Gasteiger partial charge in [-0.2, -0.15) is 13.2 Å². The highest BCUT2D eigenvalue weighted by atomic mass is 19.4. The number of carbonyl (C=O) groups is 1. The highest BCUT2D eigenvalue weighted by molar-refractivity contribution is 5.96. The molecule has 1 N–H and O–H groups in total. The topological polar surface area (TPSA) is 58.4 Å². The van der Waals surface area contributed by atoms with E-state index in [-0.39, 0.29) is 22.7 Å². The molecule has 2 aromatic heterocycles. The van der Waals surface area contributed by atoms with Crippen molar-refractivity contribution in [2.75, 3.05) is 19.6 Å². The molecule has 0 spiro atoms. The van der Waals surface area contributed by atoms with Gasteiger partial charge in [0, 0.05) is 24.5 Å². The van der Waals surface area contributed by atoms with Gasteiger partial charge in [0.15, 0.2) is 5.58 Å². The summed E-state index contributed by atoms with van der Waals surface area (Å²) in [6.07, 6.45) is -0.672. The zero-order chi connectivity index (χ0) is 16.9. The Hall–Kier alpha value is -2.09. The first-order valence-corrected chi connectivity index (χ1v) is 7.88. The number of halogens is 3. The molecule has 2 aliphatic rings. The Morgan fingerprint density at radius 1 is 1.38 bits per heavy atom. The molecular weight excluding hydrogens is 323 g/mol. The maximum Gasteiger partial charge on any atom is 0.420 e. The number of rotatable bonds is 2. The summed E-state index contributed by atoms with van der Waals surface area (Å²) in [5, 5.41) is 2.75. The molecule has 3 atom stereocenters. The highest BCUT2D eigenvalue weighted by Crippen LogP contribution is 2.36. The van der Waals surface area contributed by atoms with Gasteiger partial charge in [0.1, 0.15) is 17.5 Å². The average Bonchev–Trinajstić information content (AvgIpc) is 3.09. The zero-order valence-corrected chi connectivity index (χ0v) is 12.8. The molecule has 2 fully saturated rings. The number of alkyl halides is 3. The number of nitrogens with zero attached hydrogens (tertiary/aromatic N) is 2. The van der Waals surface area contributed by atoms with Crippen molar-refractivity contribution in [1.29, 1.82) is 0 Å². The quantitative estimate of drug-likeness (QED) is 0.914. The molecule has 24 heavy (non-hydrogen) atoms. The molecular formula is C16H16F3N3O2. The van der Waals surface area contributed by atoms with E-state index in [2.05, 4.69) is 15.2 Å². The van der Waals surface area contributed by atoms with E-state index in [1.165, 1.54) is 0 Å². The van der Waals surface area contributed by atoms with Gasteiger partial charge in [-0.15, -0.1) is 0 Å². The smallest absolute Gasteiger partial charge is 0.420 e. The minimum atomic E-state index is -4.53. The summed E-state index contributed by atoms with van der Waals surface area (Å²) in [5.41, 5.74) is -0.904. The van der Waals surface area contributed by atoms with Gasteiger partial charge in [0.25, 0.3) is 5.91 Å². The lowest BCUT2D eigenvalue weighted by Crippen LogP contribution is -2.47. The minimum absolute atomic E-state index is 0.0145. The third-order valence-electron chi connectivity index (χ3n) is 4.80. The van der Waals surface area contributed by atoms with E-state index in [9.17, 15) is 18.0 Å². The summed E-state index contributed by atoms with van der Waals surface area (Å²) in [6, 6.07) is 1.16. The van der Waals surface area contributed by atoms with Crippen LogP contribution in [-0.2, 0) is 6.18 Å². The van der Waals surface area contributed by atoms with Crippen LogP contribution in [0.3, 0.4) is 0 Å². The normalized spacial score (nSPS) is 26.7. The molecule has 2 saturated heterocycles. The van der Waals surface area contributed by atoms with Crippen LogP contribution in [-0.4, -0.2) is 41.5 Å². The Balaban J connectivity index is 1.56. The van der Waals surface area contributed by atoms with Crippen LogP contribution in [0.25, 0.3) is 11.0 Å². The predicted octanol–water partition coefficient (Wildman–Crippen LogP) is 2.67. The second-order valence-electron chi connectivity index (χ2n) is 6.53. The Bertz CT molecular complexity index is 774. The summed E-state index contributed by atoms with van der Waals surface area (Å²) in [7, 11) is 0. The molecule has 2 aromatic rings. The maximum atomic E-state index is 13.0. The fourth-order valence-corrected chi connectivity index (χ4v) is 3.70. The molecule has 0 saturated carbocycles. The molecule has 0 aromatic carbocycles. The third-order valence-corrected chi connectivity index (χ3v) is 4.80. The minimum Gasteiger partial charge on any atom is -0.462 e. The third kappa shape index (κ3) is 2.75. The molecule has 5 nitrogen and oxygen atoms in total. The number of aromatic nitrogens is 1. The van der Waals surface area contributed by atoms with Crippen molar-refractivity contribution < 1.29 is 22.4 Å². The first-order chi connectivity index (χ1) is 11.4. The molecule has 2 bridgehead atoms. The number of nitrogens with one attached hydrogen (secondary N) is 1. The zero-order valence-electron chi connectivity index (χ0n) is 12.8. The monoisotopic (exact) mass is 339 g/mol. The van der Waals surface area contributed by atoms with E-state index in [0.29, 0.717) is 12.2 Å². The van der Waals surface area contributed by atoms with Gasteiger partial charge >= 0.3 is 6.18 Å². The van der Waals surface area contributed by atoms with Crippen molar-refractivity contribution in [2.24, 2.45) is 5.92 Å². The van der Waals surface area contributed by atoms with Gasteiger partial charge in [-0.3, -0.25) is 4.79 Å². The summed E-state index contributed by atoms with van der Waals surface area (Å²) in [4.78, 5) is 18.6. The number of amides is 1. The van der Waals surface area contributed by atoms with Crippen LogP contribution in [0, 0.1) is 5.92 Å². The van der Waals surface area contributed by atoms with Crippen molar-refractivity contribution in [3.63, 3.8) is 0 Å². The van der Waals surface area contributed by atoms with Crippen molar-refractivity contribution in [3.05, 3.63) is 29.8 Å². The molecule has 8 heteroatoms. The largest absolute Gasteiger partial charge is 0.462 e. The number of carbonyl (C=O) groups excluding carboxylic acids is 1. The van der Waals surface area contributed by atoms with E-state index in [4.69, 9.17) is 4.42 Å². The van der Waals surface area contributed by atoms with Crippen LogP contribution >= 0.6 is 0 Å². The highest BCUT2D eigenvalue weighted by Gasteiger charge is 2.36. The summed E-state index contributed by atoms with van der Waals surface area (Å²) in [6.45, 7) is 2.90. The fraction of sp³-hybridized carbons (Fsp3) is 0.500. The van der Waals surface area contributed by atoms with Crippen LogP contribution in [0.2, 0.25) is 0 Å². The van der Waals surface area contributed by atoms with Crippen LogP contribution in [0.5, 0.6) is 0 Å². The summed E-state index contributed by atoms with van der Waals surface area (Å²) in [5.74, 6) is 0.143. The van der Waals surface area contributed by atoms with Gasteiger partial charge in [-0.1, -0.05) is 0 Å². The molecule has 4 heterocycles. The lowest BCUT2D eigenvalue weighted by molar-refractivity contribution is -0.136. The first-order valence-electron chi connectivity index (χ1n) is 7.88. The lowest BCUT2D eigenvalue weighted by Gasteiger charge is -2.30. The molecule has 128 valence electrons. The second-order valence-corrected chi connectivity index (χ2v) is 6.53. The Morgan fingerprint density at radius 3 is 2.96 bits per heavy atom. The molecule has 1 unspecified atom stereocenters. The maximum absolute atomic E-state index is 13.0. The number of hydrogen-bond donors (Lipinski definition) is 1. The second kappa shape index (κ2) is 5.47. The molecule has 0 radical (unpaired) electrons. The van der Waals surface area contributed by atoms with Crippen molar-refractivity contribution in [1.82, 2.24) is 15.2 Å². The number of furan rings is 1. The van der Waals surface area contributed by atoms with E-state index in [1.807, 2.05) is 0 Å². The van der Waals surface area contributed by atoms with E-state index in [1.54, 1.807) is 0 Å². The van der Waals surface area contributed by atoms with Crippen molar-refractivity contribution >= 4 is 16.9 Å². The van der Waals surface area contributed by atoms with Gasteiger partial charge in [0.05, 0.1) is 6.20 Å². The van der Waals surface area contributed by atoms with Gasteiger partial charge in [-0.05, 0) is 31.4 Å². The Morgan fingerprint density at radius 2 is 2.21 bits per heavy atom. The number of hydrogen-bond acceptors (Lipinski definition) is 4. The van der Waals surface area contributed by atoms with E-state index in [0.717, 1.165) is 44.7 Å². The van der Waals surface area contributed by atoms with Gasteiger partial charge < -0.3 is 14.6 Å². The molecule has 0 aliphatic carbocycles. The van der Waals surface area contributed by atoms with E-state index >= 15 is 0 Å². The van der Waals surface area contributed by atoms with Crippen molar-refractivity contribution in [3.8, 4) is 0 Å². The van der Waals surface area contributed by atoms with Crippen LogP contribution in [0.1, 0.15) is 28.9 Å². The summed E-state index contributed by atoms with van der Waals surface area (Å²) < 4.78 is 43.8. The number of pyridine rings is 1. The van der Waals surface area contributed by atoms with Gasteiger partial charge in [0.2, 0.25) is 0 Å².